The van der Waals surface area contributed by atoms with Crippen LogP contribution in [0.4, 0.5) is 10.2 Å². The van der Waals surface area contributed by atoms with Crippen molar-refractivity contribution in [1.29, 1.82) is 0 Å². The number of nitrogens with zero attached hydrogens (tertiary/aromatic N) is 2. The Hall–Kier alpha value is -3.28. The minimum atomic E-state index is -4.54. The Labute approximate surface area is 199 Å². The van der Waals surface area contributed by atoms with Crippen LogP contribution in [0.5, 0.6) is 11.5 Å². The lowest BCUT2D eigenvalue weighted by Crippen LogP contribution is -2.49. The van der Waals surface area contributed by atoms with Crippen molar-refractivity contribution in [2.75, 3.05) is 12.3 Å². The average Bonchev–Trinajstić information content (AvgIpc) is 3.00. The lowest BCUT2D eigenvalue weighted by Gasteiger charge is -2.28. The van der Waals surface area contributed by atoms with Crippen molar-refractivity contribution in [2.24, 2.45) is 0 Å². The van der Waals surface area contributed by atoms with Crippen LogP contribution in [0.2, 0.25) is 0 Å². The van der Waals surface area contributed by atoms with E-state index < -0.39 is 43.9 Å². The van der Waals surface area contributed by atoms with E-state index in [0.717, 1.165) is 17.7 Å². The molecule has 11 nitrogen and oxygen atoms in total. The van der Waals surface area contributed by atoms with Gasteiger partial charge in [-0.25, -0.2) is 13.8 Å². The maximum absolute atomic E-state index is 15.8. The Kier molecular flexibility index (Phi) is 6.67. The summed E-state index contributed by atoms with van der Waals surface area (Å²) in [5.41, 5.74) is 2.21. The van der Waals surface area contributed by atoms with Gasteiger partial charge in [-0.3, -0.25) is 9.09 Å². The highest BCUT2D eigenvalue weighted by molar-refractivity contribution is 7.49. The predicted octanol–water partition coefficient (Wildman–Crippen LogP) is 2.41. The summed E-state index contributed by atoms with van der Waals surface area (Å²) < 4.78 is 51.3. The van der Waals surface area contributed by atoms with Crippen molar-refractivity contribution in [1.82, 2.24) is 9.55 Å². The molecule has 0 amide bonds. The number of nitrogens with two attached hydrogens (primary N) is 1. The third kappa shape index (κ3) is 5.21. The molecule has 1 aromatic heterocycles. The zero-order valence-electron chi connectivity index (χ0n) is 18.4. The molecule has 2 aromatic carbocycles. The number of ether oxygens (including phenoxy) is 1. The Morgan fingerprint density at radius 1 is 1.11 bits per heavy atom. The smallest absolute Gasteiger partial charge is 0.395 e. The molecule has 0 unspecified atom stereocenters. The fraction of sp³-hybridized carbons (Fsp3) is 0.273. The van der Waals surface area contributed by atoms with Gasteiger partial charge in [-0.15, -0.1) is 0 Å². The first-order valence-corrected chi connectivity index (χ1v) is 11.8. The molecule has 4 atom stereocenters. The second-order valence-corrected chi connectivity index (χ2v) is 9.47. The summed E-state index contributed by atoms with van der Waals surface area (Å²) in [6.45, 7) is -0.123. The van der Waals surface area contributed by atoms with Crippen LogP contribution >= 0.6 is 7.82 Å². The molecule has 1 fully saturated rings. The van der Waals surface area contributed by atoms with Crippen LogP contribution in [0.25, 0.3) is 0 Å². The molecule has 1 saturated heterocycles. The van der Waals surface area contributed by atoms with Gasteiger partial charge >= 0.3 is 13.5 Å². The molecule has 0 spiro atoms. The number of aliphatic hydroxyl groups is 2. The average molecular weight is 507 g/mol. The summed E-state index contributed by atoms with van der Waals surface area (Å²) in [7, 11) is -4.54. The summed E-state index contributed by atoms with van der Waals surface area (Å²) in [6, 6.07) is 17.0. The number of aromatic nitrogens is 2. The zero-order valence-corrected chi connectivity index (χ0v) is 19.3. The largest absolute Gasteiger partial charge is 0.587 e. The lowest BCUT2D eigenvalue weighted by atomic mass is 9.95. The van der Waals surface area contributed by atoms with E-state index in [1.165, 1.54) is 30.3 Å². The molecule has 186 valence electrons. The Morgan fingerprint density at radius 2 is 1.66 bits per heavy atom. The van der Waals surface area contributed by atoms with Gasteiger partial charge in [-0.2, -0.15) is 4.98 Å². The molecule has 35 heavy (non-hydrogen) atoms. The highest BCUT2D eigenvalue weighted by atomic mass is 31.2. The van der Waals surface area contributed by atoms with Crippen molar-refractivity contribution in [2.45, 2.75) is 30.7 Å². The minimum absolute atomic E-state index is 0.101. The minimum Gasteiger partial charge on any atom is -0.395 e. The Morgan fingerprint density at radius 3 is 2.17 bits per heavy atom. The van der Waals surface area contributed by atoms with E-state index in [4.69, 9.17) is 24.0 Å². The summed E-state index contributed by atoms with van der Waals surface area (Å²) in [5, 5.41) is 21.4. The topological polar surface area (TPSA) is 155 Å². The molecule has 2 heterocycles. The van der Waals surface area contributed by atoms with Crippen LogP contribution in [-0.4, -0.2) is 43.9 Å². The van der Waals surface area contributed by atoms with Crippen LogP contribution in [0.15, 0.2) is 77.7 Å². The second-order valence-electron chi connectivity index (χ2n) is 7.96. The SMILES string of the molecule is C[C@]1(O)[C@H](n2ccc(N)nc2=O)O[C@](F)(COP(=O)(Oc2ccccc2)Oc2ccccc2)[C@H]1O. The first-order valence-electron chi connectivity index (χ1n) is 10.4. The molecule has 0 bridgehead atoms. The van der Waals surface area contributed by atoms with Crippen LogP contribution in [0.1, 0.15) is 13.2 Å². The van der Waals surface area contributed by atoms with Gasteiger partial charge in [0.05, 0.1) is 0 Å². The number of phosphoric acid groups is 1. The third-order valence-electron chi connectivity index (χ3n) is 5.21. The number of rotatable bonds is 8. The molecule has 4 rings (SSSR count). The van der Waals surface area contributed by atoms with E-state index in [0.29, 0.717) is 0 Å². The maximum Gasteiger partial charge on any atom is 0.587 e. The molecule has 0 aliphatic carbocycles. The van der Waals surface area contributed by atoms with Crippen molar-refractivity contribution < 1.29 is 37.5 Å². The Balaban J connectivity index is 1.59. The van der Waals surface area contributed by atoms with Gasteiger partial charge in [0.15, 0.2) is 6.23 Å². The lowest BCUT2D eigenvalue weighted by molar-refractivity contribution is -0.204. The van der Waals surface area contributed by atoms with Gasteiger partial charge in [-0.05, 0) is 37.3 Å². The van der Waals surface area contributed by atoms with Crippen molar-refractivity contribution in [3.8, 4) is 11.5 Å². The highest BCUT2D eigenvalue weighted by Gasteiger charge is 2.64. The number of anilines is 1. The molecule has 1 aliphatic rings. The highest BCUT2D eigenvalue weighted by Crippen LogP contribution is 2.52. The zero-order chi connectivity index (χ0) is 25.3. The number of benzene rings is 2. The van der Waals surface area contributed by atoms with Crippen LogP contribution in [-0.2, 0) is 13.8 Å². The maximum atomic E-state index is 15.8. The monoisotopic (exact) mass is 507 g/mol. The number of nitrogen functional groups attached to an aromatic ring is 1. The van der Waals surface area contributed by atoms with Gasteiger partial charge in [0.2, 0.25) is 0 Å². The molecular weight excluding hydrogens is 484 g/mol. The molecule has 3 aromatic rings. The normalized spacial score (nSPS) is 26.4. The van der Waals surface area contributed by atoms with E-state index in [2.05, 4.69) is 4.98 Å². The van der Waals surface area contributed by atoms with Crippen molar-refractivity contribution in [3.05, 3.63) is 83.4 Å². The first kappa shape index (κ1) is 24.8. The third-order valence-corrected chi connectivity index (χ3v) is 6.53. The summed E-state index contributed by atoms with van der Waals surface area (Å²) in [4.78, 5) is 15.7. The molecule has 4 N–H and O–H groups in total. The van der Waals surface area contributed by atoms with Crippen LogP contribution in [0, 0.1) is 0 Å². The van der Waals surface area contributed by atoms with E-state index in [1.54, 1.807) is 36.4 Å². The number of alkyl halides is 1. The number of halogens is 1. The molecular formula is C22H23FN3O8P. The van der Waals surface area contributed by atoms with Gasteiger partial charge in [0.1, 0.15) is 35.6 Å². The van der Waals surface area contributed by atoms with E-state index in [1.807, 2.05) is 0 Å². The standard InChI is InChI=1S/C22H23FN3O8P/c1-21(29)18(27)22(23,32-19(21)26-13-12-17(24)25-20(26)28)14-31-35(30,33-15-8-4-2-5-9-15)34-16-10-6-3-7-11-16/h2-13,18-19,27,29H,14H2,1H3,(H2,24,25,28)/t18-,19+,21+,22+/m0/s1. The van der Waals surface area contributed by atoms with Crippen molar-refractivity contribution >= 4 is 13.6 Å². The van der Waals surface area contributed by atoms with Crippen LogP contribution in [0.3, 0.4) is 0 Å². The molecule has 0 radical (unpaired) electrons. The fourth-order valence-corrected chi connectivity index (χ4v) is 4.69. The van der Waals surface area contributed by atoms with Gasteiger partial charge in [0.25, 0.3) is 5.85 Å². The van der Waals surface area contributed by atoms with E-state index >= 15 is 4.39 Å². The van der Waals surface area contributed by atoms with Crippen LogP contribution < -0.4 is 20.5 Å². The van der Waals surface area contributed by atoms with Gasteiger partial charge in [-0.1, -0.05) is 36.4 Å². The first-order chi connectivity index (χ1) is 16.5. The predicted molar refractivity (Wildman–Crippen MR) is 121 cm³/mol. The number of phosphoric ester groups is 1. The molecule has 13 heteroatoms. The summed E-state index contributed by atoms with van der Waals surface area (Å²) in [5.74, 6) is -3.00. The Bertz CT molecular complexity index is 1230. The number of hydrogen-bond acceptors (Lipinski definition) is 10. The van der Waals surface area contributed by atoms with E-state index in [-0.39, 0.29) is 17.3 Å². The van der Waals surface area contributed by atoms with Gasteiger partial charge in [0, 0.05) is 6.20 Å². The summed E-state index contributed by atoms with van der Waals surface area (Å²) in [6.07, 6.45) is -2.81. The number of aliphatic hydroxyl groups excluding tert-OH is 1. The summed E-state index contributed by atoms with van der Waals surface area (Å²) >= 11 is 0. The quantitative estimate of drug-likeness (QED) is 0.387. The van der Waals surface area contributed by atoms with Crippen molar-refractivity contribution in [3.63, 3.8) is 0 Å². The number of para-hydroxylation sites is 2. The molecule has 1 aliphatic heterocycles. The second kappa shape index (κ2) is 9.40. The van der Waals surface area contributed by atoms with Gasteiger partial charge < -0.3 is 29.7 Å². The van der Waals surface area contributed by atoms with E-state index in [9.17, 15) is 19.6 Å². The fourth-order valence-electron chi connectivity index (χ4n) is 3.46. The molecule has 0 saturated carbocycles. The number of hydrogen-bond donors (Lipinski definition) is 3.